The van der Waals surface area contributed by atoms with Crippen LogP contribution in [-0.4, -0.2) is 55.6 Å². The molecule has 21 heavy (non-hydrogen) atoms. The Labute approximate surface area is 135 Å². The lowest BCUT2D eigenvalue weighted by Crippen LogP contribution is -2.46. The smallest absolute Gasteiger partial charge is 0.307 e. The van der Waals surface area contributed by atoms with Crippen molar-refractivity contribution in [2.24, 2.45) is 0 Å². The number of benzene rings is 1. The van der Waals surface area contributed by atoms with Crippen molar-refractivity contribution in [1.82, 2.24) is 9.80 Å². The highest BCUT2D eigenvalue weighted by Gasteiger charge is 2.26. The Balaban J connectivity index is 2.13. The molecule has 0 aromatic heterocycles. The first-order chi connectivity index (χ1) is 10.1. The molecule has 0 radical (unpaired) electrons. The maximum atomic E-state index is 11.9. The van der Waals surface area contributed by atoms with Crippen LogP contribution in [0.3, 0.4) is 0 Å². The van der Waals surface area contributed by atoms with Gasteiger partial charge >= 0.3 is 5.97 Å². The van der Waals surface area contributed by atoms with Gasteiger partial charge in [-0.15, -0.1) is 0 Å². The molecule has 116 valence electrons. The zero-order valence-electron chi connectivity index (χ0n) is 12.7. The molecule has 0 N–H and O–H groups in total. The Morgan fingerprint density at radius 3 is 2.43 bits per heavy atom. The van der Waals surface area contributed by atoms with Gasteiger partial charge in [0.25, 0.3) is 0 Å². The zero-order chi connectivity index (χ0) is 15.2. The van der Waals surface area contributed by atoms with Crippen molar-refractivity contribution in [3.05, 3.63) is 34.3 Å². The summed E-state index contributed by atoms with van der Waals surface area (Å²) in [5, 5.41) is 0. The van der Waals surface area contributed by atoms with E-state index >= 15 is 0 Å². The number of hydrogen-bond acceptors (Lipinski definition) is 4. The number of nitrogens with zero attached hydrogens (tertiary/aromatic N) is 2. The van der Waals surface area contributed by atoms with E-state index in [-0.39, 0.29) is 12.0 Å². The van der Waals surface area contributed by atoms with Gasteiger partial charge in [-0.25, -0.2) is 0 Å². The summed E-state index contributed by atoms with van der Waals surface area (Å²) in [6, 6.07) is 8.34. The molecule has 0 saturated carbocycles. The lowest BCUT2D eigenvalue weighted by molar-refractivity contribution is -0.144. The normalized spacial score (nSPS) is 18.4. The number of carbonyl (C=O) groups excluding carboxylic acids is 1. The fourth-order valence-electron chi connectivity index (χ4n) is 2.65. The maximum Gasteiger partial charge on any atom is 0.307 e. The minimum atomic E-state index is -0.121. The molecule has 0 aliphatic carbocycles. The summed E-state index contributed by atoms with van der Waals surface area (Å²) >= 11 is 3.46. The van der Waals surface area contributed by atoms with Crippen molar-refractivity contribution in [1.29, 1.82) is 0 Å². The quantitative estimate of drug-likeness (QED) is 0.761. The van der Waals surface area contributed by atoms with Crippen LogP contribution < -0.4 is 0 Å². The van der Waals surface area contributed by atoms with Crippen LogP contribution in [-0.2, 0) is 9.53 Å². The first kappa shape index (κ1) is 16.5. The van der Waals surface area contributed by atoms with Gasteiger partial charge in [-0.2, -0.15) is 0 Å². The maximum absolute atomic E-state index is 11.9. The SMILES string of the molecule is CCOC(=O)CC(c1ccc(Br)cc1)N1CCN(C)CC1. The van der Waals surface area contributed by atoms with Crippen LogP contribution in [0.15, 0.2) is 28.7 Å². The van der Waals surface area contributed by atoms with Gasteiger partial charge in [0.2, 0.25) is 0 Å². The second-order valence-electron chi connectivity index (χ2n) is 5.42. The summed E-state index contributed by atoms with van der Waals surface area (Å²) in [6.07, 6.45) is 0.416. The number of ether oxygens (including phenoxy) is 1. The summed E-state index contributed by atoms with van der Waals surface area (Å²) in [6.45, 7) is 6.33. The Kier molecular flexibility index (Phi) is 6.21. The lowest BCUT2D eigenvalue weighted by atomic mass is 10.0. The van der Waals surface area contributed by atoms with Gasteiger partial charge in [0, 0.05) is 36.7 Å². The number of likely N-dealkylation sites (N-methyl/N-ethyl adjacent to an activating group) is 1. The van der Waals surface area contributed by atoms with Crippen LogP contribution in [0.4, 0.5) is 0 Å². The molecule has 1 atom stereocenters. The molecule has 0 spiro atoms. The molecule has 0 amide bonds. The molecule has 1 aromatic carbocycles. The second kappa shape index (κ2) is 7.92. The summed E-state index contributed by atoms with van der Waals surface area (Å²) in [5.74, 6) is -0.121. The topological polar surface area (TPSA) is 32.8 Å². The first-order valence-electron chi connectivity index (χ1n) is 7.44. The van der Waals surface area contributed by atoms with Crippen LogP contribution >= 0.6 is 15.9 Å². The summed E-state index contributed by atoms with van der Waals surface area (Å²) in [5.41, 5.74) is 1.18. The fourth-order valence-corrected chi connectivity index (χ4v) is 2.92. The monoisotopic (exact) mass is 354 g/mol. The number of rotatable bonds is 5. The lowest BCUT2D eigenvalue weighted by Gasteiger charge is -2.37. The van der Waals surface area contributed by atoms with Crippen LogP contribution in [0.25, 0.3) is 0 Å². The third-order valence-corrected chi connectivity index (χ3v) is 4.43. The van der Waals surface area contributed by atoms with Gasteiger partial charge in [0.05, 0.1) is 13.0 Å². The van der Waals surface area contributed by atoms with Crippen molar-refractivity contribution in [2.45, 2.75) is 19.4 Å². The molecular formula is C16H23BrN2O2. The van der Waals surface area contributed by atoms with Gasteiger partial charge in [-0.1, -0.05) is 28.1 Å². The van der Waals surface area contributed by atoms with Gasteiger partial charge in [-0.3, -0.25) is 9.69 Å². The van der Waals surface area contributed by atoms with Crippen molar-refractivity contribution >= 4 is 21.9 Å². The van der Waals surface area contributed by atoms with Crippen LogP contribution in [0.5, 0.6) is 0 Å². The number of piperazine rings is 1. The van der Waals surface area contributed by atoms with Crippen molar-refractivity contribution in [3.63, 3.8) is 0 Å². The Hall–Kier alpha value is -0.910. The van der Waals surface area contributed by atoms with E-state index in [4.69, 9.17) is 4.74 Å². The average Bonchev–Trinajstić information content (AvgIpc) is 2.47. The highest BCUT2D eigenvalue weighted by molar-refractivity contribution is 9.10. The molecule has 1 aromatic rings. The van der Waals surface area contributed by atoms with E-state index < -0.39 is 0 Å². The van der Waals surface area contributed by atoms with Gasteiger partial charge in [0.1, 0.15) is 0 Å². The fraction of sp³-hybridized carbons (Fsp3) is 0.562. The average molecular weight is 355 g/mol. The minimum absolute atomic E-state index is 0.103. The van der Waals surface area contributed by atoms with E-state index in [2.05, 4.69) is 44.9 Å². The first-order valence-corrected chi connectivity index (χ1v) is 8.23. The molecule has 1 unspecified atom stereocenters. The van der Waals surface area contributed by atoms with E-state index in [0.29, 0.717) is 13.0 Å². The van der Waals surface area contributed by atoms with E-state index in [1.54, 1.807) is 0 Å². The number of hydrogen-bond donors (Lipinski definition) is 0. The van der Waals surface area contributed by atoms with E-state index in [1.165, 1.54) is 5.56 Å². The molecule has 5 heteroatoms. The highest BCUT2D eigenvalue weighted by atomic mass is 79.9. The molecule has 2 rings (SSSR count). The van der Waals surface area contributed by atoms with Gasteiger partial charge in [-0.05, 0) is 31.7 Å². The Morgan fingerprint density at radius 2 is 1.86 bits per heavy atom. The third-order valence-electron chi connectivity index (χ3n) is 3.90. The number of esters is 1. The molecule has 1 aliphatic rings. The molecule has 1 saturated heterocycles. The molecule has 1 fully saturated rings. The Morgan fingerprint density at radius 1 is 1.24 bits per heavy atom. The standard InChI is InChI=1S/C16H23BrN2O2/c1-3-21-16(20)12-15(13-4-6-14(17)7-5-13)19-10-8-18(2)9-11-19/h4-7,15H,3,8-12H2,1-2H3. The molecular weight excluding hydrogens is 332 g/mol. The predicted molar refractivity (Wildman–Crippen MR) is 87.2 cm³/mol. The van der Waals surface area contributed by atoms with Crippen LogP contribution in [0.2, 0.25) is 0 Å². The van der Waals surface area contributed by atoms with Crippen LogP contribution in [0, 0.1) is 0 Å². The van der Waals surface area contributed by atoms with Crippen molar-refractivity contribution < 1.29 is 9.53 Å². The molecule has 4 nitrogen and oxygen atoms in total. The van der Waals surface area contributed by atoms with E-state index in [1.807, 2.05) is 19.1 Å². The van der Waals surface area contributed by atoms with E-state index in [9.17, 15) is 4.79 Å². The molecule has 1 aliphatic heterocycles. The van der Waals surface area contributed by atoms with Crippen molar-refractivity contribution in [2.75, 3.05) is 39.8 Å². The third kappa shape index (κ3) is 4.80. The summed E-state index contributed by atoms with van der Waals surface area (Å²) in [4.78, 5) is 16.6. The summed E-state index contributed by atoms with van der Waals surface area (Å²) < 4.78 is 6.20. The van der Waals surface area contributed by atoms with E-state index in [0.717, 1.165) is 30.7 Å². The molecule has 1 heterocycles. The van der Waals surface area contributed by atoms with Gasteiger partial charge < -0.3 is 9.64 Å². The van der Waals surface area contributed by atoms with Crippen LogP contribution in [0.1, 0.15) is 24.9 Å². The zero-order valence-corrected chi connectivity index (χ0v) is 14.3. The summed E-state index contributed by atoms with van der Waals surface area (Å²) in [7, 11) is 2.14. The number of halogens is 1. The predicted octanol–water partition coefficient (Wildman–Crippen LogP) is 2.69. The number of carbonyl (C=O) groups is 1. The highest BCUT2D eigenvalue weighted by Crippen LogP contribution is 2.27. The molecule has 0 bridgehead atoms. The van der Waals surface area contributed by atoms with Crippen molar-refractivity contribution in [3.8, 4) is 0 Å². The minimum Gasteiger partial charge on any atom is -0.466 e. The largest absolute Gasteiger partial charge is 0.466 e. The Bertz CT molecular complexity index is 456. The van der Waals surface area contributed by atoms with Gasteiger partial charge in [0.15, 0.2) is 0 Å². The second-order valence-corrected chi connectivity index (χ2v) is 6.33.